The molecule has 3 aromatic rings. The smallest absolute Gasteiger partial charge is 0.292 e. The molecule has 0 radical (unpaired) electrons. The Hall–Kier alpha value is -3.66. The van der Waals surface area contributed by atoms with Crippen LogP contribution in [0.2, 0.25) is 0 Å². The molecule has 0 unspecified atom stereocenters. The maximum absolute atomic E-state index is 12.8. The number of ether oxygens (including phenoxy) is 1. The lowest BCUT2D eigenvalue weighted by molar-refractivity contribution is -0.118. The van der Waals surface area contributed by atoms with Gasteiger partial charge in [0.2, 0.25) is 5.88 Å². The molecule has 1 aromatic carbocycles. The van der Waals surface area contributed by atoms with Crippen LogP contribution < -0.4 is 10.1 Å². The molecule has 2 heterocycles. The van der Waals surface area contributed by atoms with Gasteiger partial charge in [-0.15, -0.1) is 0 Å². The Labute approximate surface area is 174 Å². The molecule has 1 aliphatic rings. The number of Topliss-reactive ketones (excluding diaryl/α,β-unsaturated/α-hetero) is 1. The predicted molar refractivity (Wildman–Crippen MR) is 111 cm³/mol. The summed E-state index contributed by atoms with van der Waals surface area (Å²) in [5, 5.41) is 12.5. The SMILES string of the molecule is Cc1[nH]c2ccccc2c1C(=O)C(=O)NC1CCC(Oc2ccc(C#N)cn2)CC1. The van der Waals surface area contributed by atoms with Gasteiger partial charge in [0.1, 0.15) is 12.2 Å². The lowest BCUT2D eigenvalue weighted by Gasteiger charge is -2.29. The van der Waals surface area contributed by atoms with Gasteiger partial charge in [-0.2, -0.15) is 5.26 Å². The zero-order valence-corrected chi connectivity index (χ0v) is 16.6. The molecule has 0 bridgehead atoms. The fourth-order valence-corrected chi connectivity index (χ4v) is 3.95. The molecule has 30 heavy (non-hydrogen) atoms. The van der Waals surface area contributed by atoms with Gasteiger partial charge < -0.3 is 15.0 Å². The molecule has 0 aliphatic heterocycles. The van der Waals surface area contributed by atoms with E-state index in [0.717, 1.165) is 36.6 Å². The second kappa shape index (κ2) is 8.37. The number of carbonyl (C=O) groups is 2. The van der Waals surface area contributed by atoms with Crippen LogP contribution in [-0.2, 0) is 4.79 Å². The number of rotatable bonds is 5. The van der Waals surface area contributed by atoms with Gasteiger partial charge >= 0.3 is 0 Å². The van der Waals surface area contributed by atoms with Crippen molar-refractivity contribution in [2.75, 3.05) is 0 Å². The van der Waals surface area contributed by atoms with Crippen LogP contribution in [-0.4, -0.2) is 33.8 Å². The highest BCUT2D eigenvalue weighted by molar-refractivity contribution is 6.45. The number of hydrogen-bond acceptors (Lipinski definition) is 5. The minimum absolute atomic E-state index is 0.00477. The molecule has 1 amide bonds. The first-order valence-corrected chi connectivity index (χ1v) is 10.0. The highest BCUT2D eigenvalue weighted by Gasteiger charge is 2.28. The summed E-state index contributed by atoms with van der Waals surface area (Å²) in [6.07, 6.45) is 4.46. The van der Waals surface area contributed by atoms with Crippen LogP contribution in [0.3, 0.4) is 0 Å². The molecule has 0 atom stereocenters. The molecule has 4 rings (SSSR count). The number of hydrogen-bond donors (Lipinski definition) is 2. The molecule has 7 nitrogen and oxygen atoms in total. The van der Waals surface area contributed by atoms with E-state index in [0.29, 0.717) is 22.7 Å². The largest absolute Gasteiger partial charge is 0.474 e. The number of aromatic nitrogens is 2. The molecule has 0 saturated heterocycles. The third kappa shape index (κ3) is 4.03. The van der Waals surface area contributed by atoms with Gasteiger partial charge in [0, 0.05) is 34.9 Å². The van der Waals surface area contributed by atoms with Gasteiger partial charge in [-0.05, 0) is 44.7 Å². The van der Waals surface area contributed by atoms with Crippen molar-refractivity contribution in [3.63, 3.8) is 0 Å². The first-order valence-electron chi connectivity index (χ1n) is 10.0. The van der Waals surface area contributed by atoms with Crippen molar-refractivity contribution in [2.24, 2.45) is 0 Å². The second-order valence-electron chi connectivity index (χ2n) is 7.56. The van der Waals surface area contributed by atoms with Crippen molar-refractivity contribution in [1.82, 2.24) is 15.3 Å². The Morgan fingerprint density at radius 2 is 1.93 bits per heavy atom. The van der Waals surface area contributed by atoms with E-state index in [2.05, 4.69) is 15.3 Å². The van der Waals surface area contributed by atoms with Crippen LogP contribution in [0.15, 0.2) is 42.6 Å². The van der Waals surface area contributed by atoms with E-state index in [1.807, 2.05) is 30.3 Å². The number of nitrogens with zero attached hydrogens (tertiary/aromatic N) is 2. The summed E-state index contributed by atoms with van der Waals surface area (Å²) < 4.78 is 5.87. The highest BCUT2D eigenvalue weighted by atomic mass is 16.5. The maximum atomic E-state index is 12.8. The molecule has 1 saturated carbocycles. The summed E-state index contributed by atoms with van der Waals surface area (Å²) in [4.78, 5) is 32.7. The summed E-state index contributed by atoms with van der Waals surface area (Å²) in [6, 6.07) is 12.8. The van der Waals surface area contributed by atoms with E-state index in [9.17, 15) is 9.59 Å². The number of pyridine rings is 1. The van der Waals surface area contributed by atoms with Crippen LogP contribution in [0.1, 0.15) is 47.3 Å². The van der Waals surface area contributed by atoms with Crippen LogP contribution in [0, 0.1) is 18.3 Å². The van der Waals surface area contributed by atoms with Crippen molar-refractivity contribution in [1.29, 1.82) is 5.26 Å². The number of fused-ring (bicyclic) bond motifs is 1. The second-order valence-corrected chi connectivity index (χ2v) is 7.56. The van der Waals surface area contributed by atoms with Crippen LogP contribution in [0.25, 0.3) is 10.9 Å². The quantitative estimate of drug-likeness (QED) is 0.502. The van der Waals surface area contributed by atoms with E-state index in [4.69, 9.17) is 10.00 Å². The van der Waals surface area contributed by atoms with Crippen LogP contribution >= 0.6 is 0 Å². The number of amides is 1. The van der Waals surface area contributed by atoms with Crippen molar-refractivity contribution >= 4 is 22.6 Å². The molecule has 2 aromatic heterocycles. The predicted octanol–water partition coefficient (Wildman–Crippen LogP) is 3.43. The molecule has 152 valence electrons. The molecule has 7 heteroatoms. The number of benzene rings is 1. The number of nitriles is 1. The van der Waals surface area contributed by atoms with Gasteiger partial charge in [0.15, 0.2) is 0 Å². The summed E-state index contributed by atoms with van der Waals surface area (Å²) in [7, 11) is 0. The number of aromatic amines is 1. The third-order valence-corrected chi connectivity index (χ3v) is 5.49. The highest BCUT2D eigenvalue weighted by Crippen LogP contribution is 2.25. The van der Waals surface area contributed by atoms with Crippen molar-refractivity contribution in [3.05, 3.63) is 59.4 Å². The lowest BCUT2D eigenvalue weighted by atomic mass is 9.92. The van der Waals surface area contributed by atoms with Gasteiger partial charge in [-0.3, -0.25) is 9.59 Å². The molecule has 2 N–H and O–H groups in total. The maximum Gasteiger partial charge on any atom is 0.292 e. The minimum Gasteiger partial charge on any atom is -0.474 e. The van der Waals surface area contributed by atoms with E-state index < -0.39 is 11.7 Å². The zero-order chi connectivity index (χ0) is 21.1. The van der Waals surface area contributed by atoms with Crippen molar-refractivity contribution in [3.8, 4) is 11.9 Å². The average molecular weight is 402 g/mol. The fraction of sp³-hybridized carbons (Fsp3) is 0.304. The summed E-state index contributed by atoms with van der Waals surface area (Å²) in [5.41, 5.74) is 2.47. The Morgan fingerprint density at radius 1 is 1.17 bits per heavy atom. The molecule has 1 aliphatic carbocycles. The standard InChI is InChI=1S/C23H22N4O3/c1-14-21(18-4-2-3-5-19(18)26-14)22(28)23(29)27-16-7-9-17(10-8-16)30-20-11-6-15(12-24)13-25-20/h2-6,11,13,16-17,26H,7-10H2,1H3,(H,27,29). The normalized spacial score (nSPS) is 18.5. The third-order valence-electron chi connectivity index (χ3n) is 5.49. The Balaban J connectivity index is 1.33. The minimum atomic E-state index is -0.569. The van der Waals surface area contributed by atoms with Crippen LogP contribution in [0.4, 0.5) is 0 Å². The molecular formula is C23H22N4O3. The number of carbonyl (C=O) groups excluding carboxylic acids is 2. The van der Waals surface area contributed by atoms with Gasteiger partial charge in [-0.25, -0.2) is 4.98 Å². The summed E-state index contributed by atoms with van der Waals surface area (Å²) >= 11 is 0. The monoisotopic (exact) mass is 402 g/mol. The van der Waals surface area contributed by atoms with Gasteiger partial charge in [0.25, 0.3) is 11.7 Å². The number of H-pyrrole nitrogens is 1. The topological polar surface area (TPSA) is 108 Å². The lowest BCUT2D eigenvalue weighted by Crippen LogP contribution is -2.42. The average Bonchev–Trinajstić information content (AvgIpc) is 3.10. The summed E-state index contributed by atoms with van der Waals surface area (Å²) in [6.45, 7) is 1.81. The zero-order valence-electron chi connectivity index (χ0n) is 16.6. The first kappa shape index (κ1) is 19.6. The van der Waals surface area contributed by atoms with Gasteiger partial charge in [0.05, 0.1) is 11.1 Å². The van der Waals surface area contributed by atoms with Crippen LogP contribution in [0.5, 0.6) is 5.88 Å². The Bertz CT molecular complexity index is 1120. The van der Waals surface area contributed by atoms with Gasteiger partial charge in [-0.1, -0.05) is 18.2 Å². The number of para-hydroxylation sites is 1. The number of nitrogens with one attached hydrogen (secondary N) is 2. The first-order chi connectivity index (χ1) is 14.5. The van der Waals surface area contributed by atoms with E-state index >= 15 is 0 Å². The molecular weight excluding hydrogens is 380 g/mol. The van der Waals surface area contributed by atoms with Crippen molar-refractivity contribution in [2.45, 2.75) is 44.8 Å². The summed E-state index contributed by atoms with van der Waals surface area (Å²) in [5.74, 6) is -0.586. The number of aryl methyl sites for hydroxylation is 1. The molecule has 0 spiro atoms. The Morgan fingerprint density at radius 3 is 2.63 bits per heavy atom. The molecule has 1 fully saturated rings. The van der Waals surface area contributed by atoms with E-state index in [1.165, 1.54) is 6.20 Å². The fourth-order valence-electron chi connectivity index (χ4n) is 3.95. The number of ketones is 1. The van der Waals surface area contributed by atoms with E-state index in [-0.39, 0.29) is 12.1 Å². The van der Waals surface area contributed by atoms with Crippen molar-refractivity contribution < 1.29 is 14.3 Å². The Kier molecular flexibility index (Phi) is 5.48. The van der Waals surface area contributed by atoms with E-state index in [1.54, 1.807) is 19.1 Å².